The Kier molecular flexibility index (Phi) is 3.81. The van der Waals surface area contributed by atoms with Gasteiger partial charge in [0, 0.05) is 19.2 Å². The van der Waals surface area contributed by atoms with Gasteiger partial charge in [-0.3, -0.25) is 4.90 Å². The smallest absolute Gasteiger partial charge is 0.178 e. The normalized spacial score (nSPS) is 31.3. The van der Waals surface area contributed by atoms with E-state index < -0.39 is 15.4 Å². The van der Waals surface area contributed by atoms with E-state index in [4.69, 9.17) is 10.5 Å². The Bertz CT molecular complexity index is 626. The van der Waals surface area contributed by atoms with Crippen LogP contribution in [0.15, 0.2) is 29.2 Å². The second-order valence-corrected chi connectivity index (χ2v) is 8.01. The summed E-state index contributed by atoms with van der Waals surface area (Å²) in [6.07, 6.45) is 1.50. The molecule has 5 nitrogen and oxygen atoms in total. The van der Waals surface area contributed by atoms with Gasteiger partial charge in [0.1, 0.15) is 0 Å². The molecule has 2 aliphatic rings. The Labute approximate surface area is 126 Å². The molecule has 2 aliphatic heterocycles. The molecule has 116 valence electrons. The van der Waals surface area contributed by atoms with Crippen LogP contribution in [0, 0.1) is 0 Å². The molecular formula is C15H22N2O3S. The van der Waals surface area contributed by atoms with E-state index in [-0.39, 0.29) is 5.75 Å². The summed E-state index contributed by atoms with van der Waals surface area (Å²) in [5.74, 6) is 0.152. The molecule has 0 amide bonds. The van der Waals surface area contributed by atoms with Crippen molar-refractivity contribution in [1.82, 2.24) is 4.90 Å². The van der Waals surface area contributed by atoms with E-state index in [1.807, 2.05) is 19.2 Å². The second-order valence-electron chi connectivity index (χ2n) is 5.93. The second kappa shape index (κ2) is 5.35. The van der Waals surface area contributed by atoms with E-state index in [0.29, 0.717) is 30.5 Å². The lowest BCUT2D eigenvalue weighted by Crippen LogP contribution is -2.56. The van der Waals surface area contributed by atoms with Crippen LogP contribution in [-0.4, -0.2) is 51.9 Å². The van der Waals surface area contributed by atoms with Crippen molar-refractivity contribution in [1.29, 1.82) is 0 Å². The number of benzene rings is 1. The highest BCUT2D eigenvalue weighted by molar-refractivity contribution is 7.91. The molecule has 2 unspecified atom stereocenters. The third-order valence-corrected chi connectivity index (χ3v) is 6.74. The average molecular weight is 310 g/mol. The highest BCUT2D eigenvalue weighted by atomic mass is 32.2. The number of fused-ring (bicyclic) bond motifs is 1. The molecule has 0 spiro atoms. The van der Waals surface area contributed by atoms with E-state index in [9.17, 15) is 8.42 Å². The van der Waals surface area contributed by atoms with Gasteiger partial charge in [-0.1, -0.05) is 18.2 Å². The first-order valence-corrected chi connectivity index (χ1v) is 8.99. The predicted molar refractivity (Wildman–Crippen MR) is 80.8 cm³/mol. The van der Waals surface area contributed by atoms with Crippen molar-refractivity contribution in [2.24, 2.45) is 5.73 Å². The molecule has 2 atom stereocenters. The molecule has 0 radical (unpaired) electrons. The van der Waals surface area contributed by atoms with Crippen molar-refractivity contribution in [3.63, 3.8) is 0 Å². The van der Waals surface area contributed by atoms with Gasteiger partial charge in [0.15, 0.2) is 9.84 Å². The van der Waals surface area contributed by atoms with E-state index in [1.54, 1.807) is 12.1 Å². The Morgan fingerprint density at radius 1 is 1.43 bits per heavy atom. The van der Waals surface area contributed by atoms with Gasteiger partial charge >= 0.3 is 0 Å². The molecule has 2 N–H and O–H groups in total. The van der Waals surface area contributed by atoms with E-state index in [0.717, 1.165) is 18.6 Å². The quantitative estimate of drug-likeness (QED) is 0.891. The molecule has 0 saturated carbocycles. The first-order chi connectivity index (χ1) is 10.0. The molecule has 0 aromatic heterocycles. The van der Waals surface area contributed by atoms with Crippen LogP contribution in [0.3, 0.4) is 0 Å². The van der Waals surface area contributed by atoms with Crippen molar-refractivity contribution in [2.45, 2.75) is 29.3 Å². The van der Waals surface area contributed by atoms with Gasteiger partial charge in [0.2, 0.25) is 0 Å². The maximum Gasteiger partial charge on any atom is 0.178 e. The minimum absolute atomic E-state index is 0.152. The largest absolute Gasteiger partial charge is 0.380 e. The van der Waals surface area contributed by atoms with E-state index >= 15 is 0 Å². The SMILES string of the molecule is CN(C1CCOC1)C1(CN)CCS(=O)(=O)c2ccccc21. The molecule has 21 heavy (non-hydrogen) atoms. The van der Waals surface area contributed by atoms with Crippen LogP contribution >= 0.6 is 0 Å². The molecule has 2 heterocycles. The number of likely N-dealkylation sites (N-methyl/N-ethyl adjacent to an activating group) is 1. The number of nitrogens with two attached hydrogens (primary N) is 1. The van der Waals surface area contributed by atoms with Crippen LogP contribution < -0.4 is 5.73 Å². The lowest BCUT2D eigenvalue weighted by atomic mass is 9.84. The predicted octanol–water partition coefficient (Wildman–Crippen LogP) is 0.739. The Morgan fingerprint density at radius 3 is 2.86 bits per heavy atom. The standard InChI is InChI=1S/C15H22N2O3S/c1-17(12-6-8-20-10-12)15(11-16)7-9-21(18,19)14-5-3-2-4-13(14)15/h2-5,12H,6-11,16H2,1H3. The van der Waals surface area contributed by atoms with Crippen LogP contribution in [0.2, 0.25) is 0 Å². The monoisotopic (exact) mass is 310 g/mol. The highest BCUT2D eigenvalue weighted by Gasteiger charge is 2.46. The van der Waals surface area contributed by atoms with Crippen LogP contribution in [0.5, 0.6) is 0 Å². The summed E-state index contributed by atoms with van der Waals surface area (Å²) in [5.41, 5.74) is 6.56. The first-order valence-electron chi connectivity index (χ1n) is 7.34. The Hall–Kier alpha value is -0.950. The summed E-state index contributed by atoms with van der Waals surface area (Å²) < 4.78 is 30.2. The number of sulfone groups is 1. The maximum absolute atomic E-state index is 12.3. The Morgan fingerprint density at radius 2 is 2.19 bits per heavy atom. The van der Waals surface area contributed by atoms with Crippen LogP contribution in [0.4, 0.5) is 0 Å². The molecule has 1 fully saturated rings. The van der Waals surface area contributed by atoms with Crippen LogP contribution in [-0.2, 0) is 20.1 Å². The summed E-state index contributed by atoms with van der Waals surface area (Å²) in [4.78, 5) is 2.68. The van der Waals surface area contributed by atoms with Crippen molar-refractivity contribution in [3.8, 4) is 0 Å². The summed E-state index contributed by atoms with van der Waals surface area (Å²) in [6, 6.07) is 7.57. The first kappa shape index (κ1) is 15.0. The van der Waals surface area contributed by atoms with E-state index in [2.05, 4.69) is 4.90 Å². The van der Waals surface area contributed by atoms with E-state index in [1.165, 1.54) is 0 Å². The molecule has 3 rings (SSSR count). The summed E-state index contributed by atoms with van der Waals surface area (Å²) >= 11 is 0. The van der Waals surface area contributed by atoms with Crippen LogP contribution in [0.1, 0.15) is 18.4 Å². The van der Waals surface area contributed by atoms with Gasteiger partial charge in [-0.15, -0.1) is 0 Å². The van der Waals surface area contributed by atoms with Gasteiger partial charge < -0.3 is 10.5 Å². The molecule has 6 heteroatoms. The molecular weight excluding hydrogens is 288 g/mol. The fourth-order valence-corrected chi connectivity index (χ4v) is 5.27. The lowest BCUT2D eigenvalue weighted by Gasteiger charge is -2.47. The molecule has 1 aromatic carbocycles. The maximum atomic E-state index is 12.3. The third-order valence-electron chi connectivity index (χ3n) is 4.97. The van der Waals surface area contributed by atoms with Gasteiger partial charge in [0.25, 0.3) is 0 Å². The zero-order valence-electron chi connectivity index (χ0n) is 12.3. The van der Waals surface area contributed by atoms with Gasteiger partial charge in [-0.2, -0.15) is 0 Å². The van der Waals surface area contributed by atoms with Gasteiger partial charge in [-0.05, 0) is 31.5 Å². The van der Waals surface area contributed by atoms with Crippen molar-refractivity contribution in [3.05, 3.63) is 29.8 Å². The molecule has 0 aliphatic carbocycles. The average Bonchev–Trinajstić information content (AvgIpc) is 3.02. The molecule has 1 aromatic rings. The van der Waals surface area contributed by atoms with Crippen LogP contribution in [0.25, 0.3) is 0 Å². The topological polar surface area (TPSA) is 72.6 Å². The number of ether oxygens (including phenoxy) is 1. The highest BCUT2D eigenvalue weighted by Crippen LogP contribution is 2.41. The van der Waals surface area contributed by atoms with Gasteiger partial charge in [0.05, 0.1) is 22.8 Å². The fraction of sp³-hybridized carbons (Fsp3) is 0.600. The molecule has 0 bridgehead atoms. The van der Waals surface area contributed by atoms with Gasteiger partial charge in [-0.25, -0.2) is 8.42 Å². The molecule has 1 saturated heterocycles. The third kappa shape index (κ3) is 2.30. The number of nitrogens with zero attached hydrogens (tertiary/aromatic N) is 1. The van der Waals surface area contributed by atoms with Crippen molar-refractivity contribution in [2.75, 3.05) is 32.6 Å². The summed E-state index contributed by atoms with van der Waals surface area (Å²) in [5, 5.41) is 0. The Balaban J connectivity index is 2.10. The number of hydrogen-bond donors (Lipinski definition) is 1. The summed E-state index contributed by atoms with van der Waals surface area (Å²) in [7, 11) is -1.15. The zero-order valence-corrected chi connectivity index (χ0v) is 13.1. The number of rotatable bonds is 3. The summed E-state index contributed by atoms with van der Waals surface area (Å²) in [6.45, 7) is 1.86. The fourth-order valence-electron chi connectivity index (χ4n) is 3.57. The minimum atomic E-state index is -3.19. The van der Waals surface area contributed by atoms with Crippen molar-refractivity contribution < 1.29 is 13.2 Å². The lowest BCUT2D eigenvalue weighted by molar-refractivity contribution is 0.0572. The van der Waals surface area contributed by atoms with Crippen molar-refractivity contribution >= 4 is 9.84 Å². The zero-order chi connectivity index (χ0) is 15.1. The number of hydrogen-bond acceptors (Lipinski definition) is 5. The minimum Gasteiger partial charge on any atom is -0.380 e.